The minimum absolute atomic E-state index is 0.0781. The second-order valence-corrected chi connectivity index (χ2v) is 6.49. The second kappa shape index (κ2) is 8.09. The number of halogens is 1. The van der Waals surface area contributed by atoms with Crippen LogP contribution < -0.4 is 20.5 Å². The molecule has 0 aliphatic carbocycles. The molecule has 1 aliphatic rings. The van der Waals surface area contributed by atoms with Gasteiger partial charge in [-0.05, 0) is 48.5 Å². The number of hydrogen-bond donors (Lipinski definition) is 2. The van der Waals surface area contributed by atoms with Crippen LogP contribution in [0.3, 0.4) is 0 Å². The van der Waals surface area contributed by atoms with Gasteiger partial charge in [0.05, 0.1) is 13.0 Å². The topological polar surface area (TPSA) is 87.7 Å². The average molecular weight is 388 g/mol. The lowest BCUT2D eigenvalue weighted by Crippen LogP contribution is -2.45. The van der Waals surface area contributed by atoms with Crippen molar-refractivity contribution in [2.24, 2.45) is 5.92 Å². The minimum atomic E-state index is -0.551. The Morgan fingerprint density at radius 3 is 2.37 bits per heavy atom. The van der Waals surface area contributed by atoms with E-state index in [1.807, 2.05) is 0 Å². The Morgan fingerprint density at radius 2 is 1.74 bits per heavy atom. The van der Waals surface area contributed by atoms with E-state index < -0.39 is 17.7 Å². The summed E-state index contributed by atoms with van der Waals surface area (Å²) in [6.07, 6.45) is 0.0781. The number of carbonyl (C=O) groups excluding carboxylic acids is 3. The first-order valence-corrected chi connectivity index (χ1v) is 8.66. The molecule has 2 aromatic carbocycles. The van der Waals surface area contributed by atoms with Crippen LogP contribution in [0.15, 0.2) is 48.5 Å². The fourth-order valence-corrected chi connectivity index (χ4v) is 2.91. The van der Waals surface area contributed by atoms with Crippen LogP contribution in [0.4, 0.5) is 5.69 Å². The number of rotatable bonds is 4. The second-order valence-electron chi connectivity index (χ2n) is 6.05. The standard InChI is InChI=1S/C19H18ClN3O4/c1-27-16-8-6-15(7-9-16)23-11-13(10-17(23)24)19(26)22-21-18(25)12-2-4-14(20)5-3-12/h2-9,13H,10-11H2,1H3,(H,21,25)(H,22,26)/t13-/m1/s1. The number of anilines is 1. The molecule has 0 aromatic heterocycles. The number of hydrazine groups is 1. The number of benzene rings is 2. The van der Waals surface area contributed by atoms with E-state index in [0.717, 1.165) is 0 Å². The summed E-state index contributed by atoms with van der Waals surface area (Å²) in [6.45, 7) is 0.244. The summed E-state index contributed by atoms with van der Waals surface area (Å²) >= 11 is 5.78. The molecule has 1 atom stereocenters. The van der Waals surface area contributed by atoms with Gasteiger partial charge in [0.1, 0.15) is 5.75 Å². The van der Waals surface area contributed by atoms with Crippen LogP contribution in [-0.4, -0.2) is 31.4 Å². The highest BCUT2D eigenvalue weighted by Crippen LogP contribution is 2.26. The molecule has 2 aromatic rings. The van der Waals surface area contributed by atoms with Crippen molar-refractivity contribution in [2.45, 2.75) is 6.42 Å². The Balaban J connectivity index is 1.56. The number of hydrogen-bond acceptors (Lipinski definition) is 4. The van der Waals surface area contributed by atoms with Gasteiger partial charge in [-0.15, -0.1) is 0 Å². The summed E-state index contributed by atoms with van der Waals surface area (Å²) in [6, 6.07) is 13.3. The lowest BCUT2D eigenvalue weighted by atomic mass is 10.1. The largest absolute Gasteiger partial charge is 0.497 e. The van der Waals surface area contributed by atoms with Gasteiger partial charge in [0.2, 0.25) is 11.8 Å². The predicted octanol–water partition coefficient (Wildman–Crippen LogP) is 2.16. The van der Waals surface area contributed by atoms with E-state index in [9.17, 15) is 14.4 Å². The summed E-state index contributed by atoms with van der Waals surface area (Å²) in [5.41, 5.74) is 5.79. The highest BCUT2D eigenvalue weighted by molar-refractivity contribution is 6.30. The maximum Gasteiger partial charge on any atom is 0.269 e. The summed E-state index contributed by atoms with van der Waals surface area (Å²) in [4.78, 5) is 38.1. The summed E-state index contributed by atoms with van der Waals surface area (Å²) in [7, 11) is 1.56. The van der Waals surface area contributed by atoms with Gasteiger partial charge < -0.3 is 9.64 Å². The third kappa shape index (κ3) is 4.38. The molecular formula is C19H18ClN3O4. The molecule has 0 saturated carbocycles. The Hall–Kier alpha value is -3.06. The SMILES string of the molecule is COc1ccc(N2C[C@H](C(=O)NNC(=O)c3ccc(Cl)cc3)CC2=O)cc1. The van der Waals surface area contributed by atoms with Gasteiger partial charge in [0.25, 0.3) is 5.91 Å². The van der Waals surface area contributed by atoms with Gasteiger partial charge in [-0.2, -0.15) is 0 Å². The Kier molecular flexibility index (Phi) is 5.61. The highest BCUT2D eigenvalue weighted by atomic mass is 35.5. The van der Waals surface area contributed by atoms with Gasteiger partial charge in [0.15, 0.2) is 0 Å². The number of amides is 3. The Bertz CT molecular complexity index is 852. The van der Waals surface area contributed by atoms with Crippen molar-refractivity contribution >= 4 is 35.0 Å². The van der Waals surface area contributed by atoms with Crippen LogP contribution >= 0.6 is 11.6 Å². The molecule has 1 saturated heterocycles. The first kappa shape index (κ1) is 18.7. The zero-order valence-corrected chi connectivity index (χ0v) is 15.3. The van der Waals surface area contributed by atoms with Crippen LogP contribution in [-0.2, 0) is 9.59 Å². The van der Waals surface area contributed by atoms with E-state index in [1.165, 1.54) is 0 Å². The van der Waals surface area contributed by atoms with Crippen molar-refractivity contribution in [2.75, 3.05) is 18.6 Å². The van der Waals surface area contributed by atoms with Gasteiger partial charge in [-0.1, -0.05) is 11.6 Å². The van der Waals surface area contributed by atoms with Crippen molar-refractivity contribution in [3.63, 3.8) is 0 Å². The molecule has 27 heavy (non-hydrogen) atoms. The van der Waals surface area contributed by atoms with E-state index in [4.69, 9.17) is 16.3 Å². The summed E-state index contributed by atoms with van der Waals surface area (Å²) in [5.74, 6) is -0.892. The molecule has 3 rings (SSSR count). The number of nitrogens with one attached hydrogen (secondary N) is 2. The quantitative estimate of drug-likeness (QED) is 0.787. The van der Waals surface area contributed by atoms with Crippen molar-refractivity contribution < 1.29 is 19.1 Å². The van der Waals surface area contributed by atoms with Crippen LogP contribution in [0.25, 0.3) is 0 Å². The van der Waals surface area contributed by atoms with E-state index >= 15 is 0 Å². The van der Waals surface area contributed by atoms with Crippen LogP contribution in [0.1, 0.15) is 16.8 Å². The van der Waals surface area contributed by atoms with E-state index in [0.29, 0.717) is 22.0 Å². The Morgan fingerprint density at radius 1 is 1.07 bits per heavy atom. The number of carbonyl (C=O) groups is 3. The van der Waals surface area contributed by atoms with E-state index in [1.54, 1.807) is 60.5 Å². The Labute approximate surface area is 161 Å². The minimum Gasteiger partial charge on any atom is -0.497 e. The van der Waals surface area contributed by atoms with Crippen molar-refractivity contribution in [3.8, 4) is 5.75 Å². The molecule has 2 N–H and O–H groups in total. The predicted molar refractivity (Wildman–Crippen MR) is 101 cm³/mol. The summed E-state index contributed by atoms with van der Waals surface area (Å²) < 4.78 is 5.10. The number of ether oxygens (including phenoxy) is 1. The third-order valence-electron chi connectivity index (χ3n) is 4.29. The number of nitrogens with zero attached hydrogens (tertiary/aromatic N) is 1. The molecule has 0 radical (unpaired) electrons. The van der Waals surface area contributed by atoms with Gasteiger partial charge >= 0.3 is 0 Å². The number of methoxy groups -OCH3 is 1. The smallest absolute Gasteiger partial charge is 0.269 e. The molecule has 0 bridgehead atoms. The molecular weight excluding hydrogens is 370 g/mol. The maximum atomic E-state index is 12.3. The zero-order valence-electron chi connectivity index (χ0n) is 14.6. The zero-order chi connectivity index (χ0) is 19.4. The van der Waals surface area contributed by atoms with Crippen LogP contribution in [0.5, 0.6) is 5.75 Å². The van der Waals surface area contributed by atoms with Crippen molar-refractivity contribution in [1.29, 1.82) is 0 Å². The van der Waals surface area contributed by atoms with Crippen LogP contribution in [0.2, 0.25) is 5.02 Å². The van der Waals surface area contributed by atoms with Gasteiger partial charge in [0, 0.05) is 29.2 Å². The molecule has 1 aliphatic heterocycles. The monoisotopic (exact) mass is 387 g/mol. The molecule has 0 unspecified atom stereocenters. The molecule has 1 fully saturated rings. The highest BCUT2D eigenvalue weighted by Gasteiger charge is 2.35. The first-order valence-electron chi connectivity index (χ1n) is 8.28. The molecule has 140 valence electrons. The fourth-order valence-electron chi connectivity index (χ4n) is 2.79. The third-order valence-corrected chi connectivity index (χ3v) is 4.54. The van der Waals surface area contributed by atoms with Crippen molar-refractivity contribution in [1.82, 2.24) is 10.9 Å². The molecule has 8 heteroatoms. The molecule has 1 heterocycles. The molecule has 7 nitrogen and oxygen atoms in total. The molecule has 0 spiro atoms. The average Bonchev–Trinajstić information content (AvgIpc) is 3.08. The van der Waals surface area contributed by atoms with Gasteiger partial charge in [-0.3, -0.25) is 25.2 Å². The normalized spacial score (nSPS) is 16.1. The first-order chi connectivity index (χ1) is 13.0. The van der Waals surface area contributed by atoms with Crippen molar-refractivity contribution in [3.05, 3.63) is 59.1 Å². The summed E-state index contributed by atoms with van der Waals surface area (Å²) in [5, 5.41) is 0.513. The lowest BCUT2D eigenvalue weighted by Gasteiger charge is -2.17. The fraction of sp³-hybridized carbons (Fsp3) is 0.211. The van der Waals surface area contributed by atoms with E-state index in [2.05, 4.69) is 10.9 Å². The van der Waals surface area contributed by atoms with E-state index in [-0.39, 0.29) is 18.9 Å². The lowest BCUT2D eigenvalue weighted by molar-refractivity contribution is -0.126. The maximum absolute atomic E-state index is 12.3. The molecule has 3 amide bonds. The van der Waals surface area contributed by atoms with Crippen LogP contribution in [0, 0.1) is 5.92 Å². The van der Waals surface area contributed by atoms with Gasteiger partial charge in [-0.25, -0.2) is 0 Å².